The van der Waals surface area contributed by atoms with Crippen LogP contribution in [0.15, 0.2) is 53.7 Å². The van der Waals surface area contributed by atoms with Gasteiger partial charge >= 0.3 is 0 Å². The highest BCUT2D eigenvalue weighted by Gasteiger charge is 2.07. The van der Waals surface area contributed by atoms with Crippen LogP contribution in [0.3, 0.4) is 0 Å². The summed E-state index contributed by atoms with van der Waals surface area (Å²) in [7, 11) is 1.76. The molecule has 28 heavy (non-hydrogen) atoms. The van der Waals surface area contributed by atoms with Crippen molar-refractivity contribution in [2.24, 2.45) is 4.99 Å². The van der Waals surface area contributed by atoms with Crippen LogP contribution in [0, 0.1) is 0 Å². The van der Waals surface area contributed by atoms with Crippen molar-refractivity contribution in [2.45, 2.75) is 33.0 Å². The molecule has 0 unspecified atom stereocenters. The van der Waals surface area contributed by atoms with Gasteiger partial charge in [-0.25, -0.2) is 0 Å². The van der Waals surface area contributed by atoms with Crippen molar-refractivity contribution in [3.8, 4) is 0 Å². The smallest absolute Gasteiger partial charge is 0.191 e. The van der Waals surface area contributed by atoms with E-state index < -0.39 is 0 Å². The molecule has 1 aromatic carbocycles. The molecule has 0 atom stereocenters. The minimum atomic E-state index is 0. The highest BCUT2D eigenvalue weighted by molar-refractivity contribution is 14.0. The Bertz CT molecular complexity index is 895. The van der Waals surface area contributed by atoms with Crippen molar-refractivity contribution in [3.05, 3.63) is 65.6 Å². The van der Waals surface area contributed by atoms with Crippen molar-refractivity contribution in [2.75, 3.05) is 13.7 Å². The number of aliphatic imine (C=N–C) groups is 1. The lowest BCUT2D eigenvalue weighted by molar-refractivity contribution is 0.121. The van der Waals surface area contributed by atoms with Gasteiger partial charge in [-0.2, -0.15) is 0 Å². The van der Waals surface area contributed by atoms with Gasteiger partial charge in [-0.05, 0) is 29.7 Å². The molecule has 0 aliphatic rings. The second-order valence-electron chi connectivity index (χ2n) is 6.15. The van der Waals surface area contributed by atoms with Gasteiger partial charge in [-0.1, -0.05) is 37.3 Å². The van der Waals surface area contributed by atoms with E-state index in [-0.39, 0.29) is 24.0 Å². The number of nitrogens with zero attached hydrogens (tertiary/aromatic N) is 4. The maximum atomic E-state index is 5.69. The Morgan fingerprint density at radius 1 is 1.04 bits per heavy atom. The number of rotatable bonds is 8. The predicted molar refractivity (Wildman–Crippen MR) is 122 cm³/mol. The topological polar surface area (TPSA) is 75.8 Å². The fourth-order valence-corrected chi connectivity index (χ4v) is 2.77. The van der Waals surface area contributed by atoms with Crippen LogP contribution in [-0.4, -0.2) is 34.2 Å². The summed E-state index contributed by atoms with van der Waals surface area (Å²) in [5.41, 5.74) is 3.22. The zero-order chi connectivity index (χ0) is 18.9. The van der Waals surface area contributed by atoms with Gasteiger partial charge in [-0.3, -0.25) is 9.39 Å². The third-order valence-electron chi connectivity index (χ3n) is 4.19. The molecule has 2 heterocycles. The zero-order valence-electron chi connectivity index (χ0n) is 16.3. The second-order valence-corrected chi connectivity index (χ2v) is 6.15. The number of aromatic nitrogens is 3. The van der Waals surface area contributed by atoms with Gasteiger partial charge in [0, 0.05) is 26.4 Å². The SMILES string of the molecule is CCCOCc1ccccc1CNC(=NC)NCc1nnc2ccccn12.I. The van der Waals surface area contributed by atoms with Crippen molar-refractivity contribution < 1.29 is 4.74 Å². The van der Waals surface area contributed by atoms with Crippen molar-refractivity contribution >= 4 is 35.6 Å². The molecule has 0 aliphatic carbocycles. The Labute approximate surface area is 182 Å². The lowest BCUT2D eigenvalue weighted by atomic mass is 10.1. The number of hydrogen-bond acceptors (Lipinski definition) is 4. The van der Waals surface area contributed by atoms with Gasteiger partial charge in [0.2, 0.25) is 0 Å². The lowest BCUT2D eigenvalue weighted by Crippen LogP contribution is -2.37. The third kappa shape index (κ3) is 5.90. The van der Waals surface area contributed by atoms with Crippen LogP contribution in [0.2, 0.25) is 0 Å². The fourth-order valence-electron chi connectivity index (χ4n) is 2.77. The summed E-state index contributed by atoms with van der Waals surface area (Å²) in [6.07, 6.45) is 2.98. The van der Waals surface area contributed by atoms with Crippen LogP contribution in [0.5, 0.6) is 0 Å². The number of benzene rings is 1. The van der Waals surface area contributed by atoms with Crippen molar-refractivity contribution in [1.29, 1.82) is 0 Å². The summed E-state index contributed by atoms with van der Waals surface area (Å²) in [6, 6.07) is 14.1. The second kappa shape index (κ2) is 11.6. The van der Waals surface area contributed by atoms with Crippen LogP contribution in [0.4, 0.5) is 0 Å². The largest absolute Gasteiger partial charge is 0.377 e. The summed E-state index contributed by atoms with van der Waals surface area (Å²) in [4.78, 5) is 4.29. The first-order chi connectivity index (χ1) is 13.3. The summed E-state index contributed by atoms with van der Waals surface area (Å²) in [5.74, 6) is 1.55. The number of hydrogen-bond donors (Lipinski definition) is 2. The molecule has 0 radical (unpaired) electrons. The van der Waals surface area contributed by atoms with Gasteiger partial charge in [0.05, 0.1) is 13.2 Å². The molecule has 2 aromatic heterocycles. The molecule has 0 saturated heterocycles. The van der Waals surface area contributed by atoms with Crippen LogP contribution in [0.25, 0.3) is 5.65 Å². The minimum absolute atomic E-state index is 0. The number of nitrogens with one attached hydrogen (secondary N) is 2. The molecule has 150 valence electrons. The van der Waals surface area contributed by atoms with E-state index in [2.05, 4.69) is 44.9 Å². The molecule has 3 rings (SSSR count). The summed E-state index contributed by atoms with van der Waals surface area (Å²) in [6.45, 7) is 4.72. The van der Waals surface area contributed by atoms with Crippen LogP contribution < -0.4 is 10.6 Å². The molecule has 0 amide bonds. The van der Waals surface area contributed by atoms with Gasteiger partial charge in [-0.15, -0.1) is 34.2 Å². The Kier molecular flexibility index (Phi) is 9.15. The highest BCUT2D eigenvalue weighted by Crippen LogP contribution is 2.10. The minimum Gasteiger partial charge on any atom is -0.377 e. The van der Waals surface area contributed by atoms with Crippen LogP contribution in [0.1, 0.15) is 30.3 Å². The van der Waals surface area contributed by atoms with Crippen LogP contribution >= 0.6 is 24.0 Å². The average Bonchev–Trinajstić information content (AvgIpc) is 3.12. The Hall–Kier alpha value is -2.20. The molecule has 0 saturated carbocycles. The molecule has 3 aromatic rings. The van der Waals surface area contributed by atoms with Gasteiger partial charge in [0.15, 0.2) is 17.4 Å². The van der Waals surface area contributed by atoms with Gasteiger partial charge in [0.25, 0.3) is 0 Å². The van der Waals surface area contributed by atoms with Crippen molar-refractivity contribution in [1.82, 2.24) is 25.2 Å². The van der Waals surface area contributed by atoms with E-state index in [0.717, 1.165) is 24.5 Å². The summed E-state index contributed by atoms with van der Waals surface area (Å²) < 4.78 is 7.65. The summed E-state index contributed by atoms with van der Waals surface area (Å²) in [5, 5.41) is 15.0. The van der Waals surface area contributed by atoms with E-state index in [0.29, 0.717) is 25.7 Å². The normalized spacial score (nSPS) is 11.3. The number of pyridine rings is 1. The zero-order valence-corrected chi connectivity index (χ0v) is 18.6. The number of ether oxygens (including phenoxy) is 1. The predicted octanol–water partition coefficient (Wildman–Crippen LogP) is 3.14. The Balaban J connectivity index is 0.00000280. The number of halogens is 1. The average molecular weight is 494 g/mol. The first-order valence-electron chi connectivity index (χ1n) is 9.19. The molecule has 2 N–H and O–H groups in total. The first-order valence-corrected chi connectivity index (χ1v) is 9.19. The lowest BCUT2D eigenvalue weighted by Gasteiger charge is -2.14. The fraction of sp³-hybridized carbons (Fsp3) is 0.350. The summed E-state index contributed by atoms with van der Waals surface area (Å²) >= 11 is 0. The molecular formula is C20H27IN6O. The van der Waals surface area contributed by atoms with E-state index in [4.69, 9.17) is 4.74 Å². The molecule has 0 aliphatic heterocycles. The van der Waals surface area contributed by atoms with E-state index in [9.17, 15) is 0 Å². The van der Waals surface area contributed by atoms with Gasteiger partial charge < -0.3 is 15.4 Å². The Morgan fingerprint density at radius 3 is 2.57 bits per heavy atom. The molecule has 0 spiro atoms. The van der Waals surface area contributed by atoms with E-state index in [1.807, 2.05) is 40.9 Å². The van der Waals surface area contributed by atoms with Gasteiger partial charge in [0.1, 0.15) is 0 Å². The maximum Gasteiger partial charge on any atom is 0.191 e. The van der Waals surface area contributed by atoms with E-state index in [1.54, 1.807) is 7.05 Å². The molecule has 7 nitrogen and oxygen atoms in total. The number of fused-ring (bicyclic) bond motifs is 1. The van der Waals surface area contributed by atoms with E-state index >= 15 is 0 Å². The quantitative estimate of drug-likeness (QED) is 0.218. The van der Waals surface area contributed by atoms with E-state index in [1.165, 1.54) is 11.1 Å². The molecule has 0 bridgehead atoms. The molecule has 8 heteroatoms. The standard InChI is InChI=1S/C20H26N6O.HI/c1-3-12-27-15-17-9-5-4-8-16(17)13-22-20(21-2)23-14-19-25-24-18-10-6-7-11-26(18)19;/h4-11H,3,12-15H2,1-2H3,(H2,21,22,23);1H. The molecule has 0 fully saturated rings. The first kappa shape index (κ1) is 22.1. The monoisotopic (exact) mass is 494 g/mol. The number of guanidine groups is 1. The third-order valence-corrected chi connectivity index (χ3v) is 4.19. The van der Waals surface area contributed by atoms with Crippen molar-refractivity contribution in [3.63, 3.8) is 0 Å². The molecular weight excluding hydrogens is 467 g/mol. The maximum absolute atomic E-state index is 5.69. The Morgan fingerprint density at radius 2 is 1.79 bits per heavy atom. The van der Waals surface area contributed by atoms with Crippen LogP contribution in [-0.2, 0) is 24.4 Å². The highest BCUT2D eigenvalue weighted by atomic mass is 127.